The number of alkyl halides is 3. The van der Waals surface area contributed by atoms with Gasteiger partial charge in [0.25, 0.3) is 0 Å². The molecule has 3 heterocycles. The summed E-state index contributed by atoms with van der Waals surface area (Å²) in [5, 5.41) is 22.5. The Morgan fingerprint density at radius 3 is 2.67 bits per heavy atom. The maximum Gasteiger partial charge on any atom is 0.416 e. The summed E-state index contributed by atoms with van der Waals surface area (Å²) >= 11 is 0. The van der Waals surface area contributed by atoms with Crippen molar-refractivity contribution in [2.75, 3.05) is 12.4 Å². The van der Waals surface area contributed by atoms with Crippen LogP contribution in [0.4, 0.5) is 19.0 Å². The molecule has 6 nitrogen and oxygen atoms in total. The predicted molar refractivity (Wildman–Crippen MR) is 102 cm³/mol. The van der Waals surface area contributed by atoms with Crippen LogP contribution in [0.3, 0.4) is 0 Å². The Morgan fingerprint density at radius 2 is 2.00 bits per heavy atom. The Bertz CT molecular complexity index is 980. The van der Waals surface area contributed by atoms with E-state index in [2.05, 4.69) is 15.5 Å². The molecular weight excluding hydrogens is 399 g/mol. The number of phenols is 1. The van der Waals surface area contributed by atoms with Gasteiger partial charge in [-0.05, 0) is 49.4 Å². The molecule has 1 aliphatic carbocycles. The van der Waals surface area contributed by atoms with E-state index in [0.717, 1.165) is 48.9 Å². The van der Waals surface area contributed by atoms with E-state index in [4.69, 9.17) is 9.47 Å². The number of benzene rings is 1. The Hall–Kier alpha value is -2.39. The van der Waals surface area contributed by atoms with Crippen LogP contribution in [0, 0.1) is 0 Å². The molecule has 3 aliphatic rings. The number of methoxy groups -OCH3 is 1. The molecule has 2 aliphatic heterocycles. The number of ether oxygens (including phenoxy) is 2. The first-order valence-electron chi connectivity index (χ1n) is 10.1. The average molecular weight is 421 g/mol. The number of rotatable bonds is 4. The lowest BCUT2D eigenvalue weighted by atomic mass is 9.88. The van der Waals surface area contributed by atoms with Gasteiger partial charge in [-0.15, -0.1) is 10.2 Å². The Morgan fingerprint density at radius 1 is 1.17 bits per heavy atom. The van der Waals surface area contributed by atoms with Crippen molar-refractivity contribution in [3.8, 4) is 17.0 Å². The maximum atomic E-state index is 13.0. The van der Waals surface area contributed by atoms with Crippen LogP contribution in [0.1, 0.15) is 48.5 Å². The van der Waals surface area contributed by atoms with Crippen LogP contribution < -0.4 is 5.32 Å². The van der Waals surface area contributed by atoms with Crippen molar-refractivity contribution in [1.29, 1.82) is 0 Å². The standard InChI is InChI=1S/C21H22F3N3O3/c1-29-16-7-5-14(16)25-20-18-13(9-11-3-6-17(18)30-11)19(26-27-20)12-4-2-10(8-15(12)28)21(22,23)24/h2,4,8,11,14,16-17,28H,3,5-7,9H2,1H3,(H,25,27)/t11-,14-,16-,17+/m1/s1. The van der Waals surface area contributed by atoms with Gasteiger partial charge >= 0.3 is 6.18 Å². The van der Waals surface area contributed by atoms with Gasteiger partial charge in [0, 0.05) is 24.7 Å². The number of fused-ring (bicyclic) bond motifs is 4. The quantitative estimate of drug-likeness (QED) is 0.769. The second kappa shape index (κ2) is 7.09. The topological polar surface area (TPSA) is 76.5 Å². The largest absolute Gasteiger partial charge is 0.507 e. The number of halogens is 3. The van der Waals surface area contributed by atoms with Crippen LogP contribution in [-0.4, -0.2) is 40.7 Å². The van der Waals surface area contributed by atoms with Gasteiger partial charge in [-0.1, -0.05) is 0 Å². The van der Waals surface area contributed by atoms with Gasteiger partial charge in [-0.2, -0.15) is 13.2 Å². The third kappa shape index (κ3) is 3.20. The molecule has 30 heavy (non-hydrogen) atoms. The third-order valence-corrected chi connectivity index (χ3v) is 6.39. The van der Waals surface area contributed by atoms with Crippen molar-refractivity contribution < 1.29 is 27.8 Å². The number of aromatic hydroxyl groups is 1. The number of aromatic nitrogens is 2. The molecule has 0 radical (unpaired) electrons. The molecule has 2 bridgehead atoms. The molecule has 2 N–H and O–H groups in total. The number of nitrogens with one attached hydrogen (secondary N) is 1. The fourth-order valence-corrected chi connectivity index (χ4v) is 4.66. The number of hydrogen-bond acceptors (Lipinski definition) is 6. The van der Waals surface area contributed by atoms with Gasteiger partial charge in [0.05, 0.1) is 29.9 Å². The summed E-state index contributed by atoms with van der Waals surface area (Å²) < 4.78 is 50.5. The van der Waals surface area contributed by atoms with Gasteiger partial charge in [-0.3, -0.25) is 0 Å². The zero-order valence-electron chi connectivity index (χ0n) is 16.4. The summed E-state index contributed by atoms with van der Waals surface area (Å²) in [4.78, 5) is 0. The van der Waals surface area contributed by atoms with Gasteiger partial charge < -0.3 is 19.9 Å². The molecular formula is C21H22F3N3O3. The van der Waals surface area contributed by atoms with Crippen LogP contribution in [0.15, 0.2) is 18.2 Å². The highest BCUT2D eigenvalue weighted by Crippen LogP contribution is 2.47. The highest BCUT2D eigenvalue weighted by atomic mass is 19.4. The summed E-state index contributed by atoms with van der Waals surface area (Å²) in [5.41, 5.74) is 1.55. The SMILES string of the molecule is CO[C@@H]1CC[C@H]1Nc1nnc(-c2ccc(C(F)(F)F)cc2O)c2c1[C@@H]1CC[C@H](C2)O1. The Balaban J connectivity index is 1.57. The van der Waals surface area contributed by atoms with Gasteiger partial charge in [0.1, 0.15) is 11.4 Å². The number of anilines is 1. The summed E-state index contributed by atoms with van der Waals surface area (Å²) in [5.74, 6) is 0.177. The molecule has 1 saturated carbocycles. The molecule has 1 aromatic heterocycles. The third-order valence-electron chi connectivity index (χ3n) is 6.39. The lowest BCUT2D eigenvalue weighted by molar-refractivity contribution is -0.137. The molecule has 0 amide bonds. The minimum absolute atomic E-state index is 0.0466. The molecule has 0 spiro atoms. The van der Waals surface area contributed by atoms with Crippen molar-refractivity contribution in [3.05, 3.63) is 34.9 Å². The summed E-state index contributed by atoms with van der Waals surface area (Å²) in [7, 11) is 1.68. The van der Waals surface area contributed by atoms with E-state index in [1.807, 2.05) is 0 Å². The van der Waals surface area contributed by atoms with Crippen molar-refractivity contribution in [2.24, 2.45) is 0 Å². The number of hydrogen-bond donors (Lipinski definition) is 2. The molecule has 9 heteroatoms. The lowest BCUT2D eigenvalue weighted by Crippen LogP contribution is -2.44. The van der Waals surface area contributed by atoms with Crippen molar-refractivity contribution >= 4 is 5.82 Å². The molecule has 1 saturated heterocycles. The van der Waals surface area contributed by atoms with Crippen molar-refractivity contribution in [3.63, 3.8) is 0 Å². The highest BCUT2D eigenvalue weighted by molar-refractivity contribution is 5.73. The normalized spacial score (nSPS) is 27.5. The smallest absolute Gasteiger partial charge is 0.416 e. The summed E-state index contributed by atoms with van der Waals surface area (Å²) in [6.07, 6.45) is -0.211. The Labute approximate surface area is 171 Å². The molecule has 5 rings (SSSR count). The van der Waals surface area contributed by atoms with E-state index in [-0.39, 0.29) is 29.9 Å². The average Bonchev–Trinajstić information content (AvgIpc) is 3.06. The second-order valence-corrected chi connectivity index (χ2v) is 8.15. The predicted octanol–water partition coefficient (Wildman–Crippen LogP) is 4.23. The van der Waals surface area contributed by atoms with Crippen LogP contribution in [0.2, 0.25) is 0 Å². The van der Waals surface area contributed by atoms with Crippen molar-refractivity contribution in [2.45, 2.75) is 62.6 Å². The fourth-order valence-electron chi connectivity index (χ4n) is 4.66. The zero-order valence-corrected chi connectivity index (χ0v) is 16.4. The van der Waals surface area contributed by atoms with Crippen LogP contribution >= 0.6 is 0 Å². The van der Waals surface area contributed by atoms with E-state index in [9.17, 15) is 18.3 Å². The monoisotopic (exact) mass is 421 g/mol. The fraction of sp³-hybridized carbons (Fsp3) is 0.524. The number of nitrogens with zero attached hydrogens (tertiary/aromatic N) is 2. The maximum absolute atomic E-state index is 13.0. The minimum atomic E-state index is -4.53. The summed E-state index contributed by atoms with van der Waals surface area (Å²) in [6.45, 7) is 0. The van der Waals surface area contributed by atoms with Gasteiger partial charge in [0.15, 0.2) is 5.82 Å². The number of phenolic OH excluding ortho intramolecular Hbond substituents is 1. The van der Waals surface area contributed by atoms with E-state index < -0.39 is 17.5 Å². The van der Waals surface area contributed by atoms with Crippen LogP contribution in [0.25, 0.3) is 11.3 Å². The molecule has 160 valence electrons. The van der Waals surface area contributed by atoms with E-state index >= 15 is 0 Å². The first kappa shape index (κ1) is 19.6. The summed E-state index contributed by atoms with van der Waals surface area (Å²) in [6, 6.07) is 3.10. The zero-order chi connectivity index (χ0) is 21.0. The molecule has 4 atom stereocenters. The minimum Gasteiger partial charge on any atom is -0.507 e. The van der Waals surface area contributed by atoms with Crippen LogP contribution in [0.5, 0.6) is 5.75 Å². The van der Waals surface area contributed by atoms with Crippen LogP contribution in [-0.2, 0) is 22.1 Å². The van der Waals surface area contributed by atoms with Gasteiger partial charge in [0.2, 0.25) is 0 Å². The van der Waals surface area contributed by atoms with E-state index in [0.29, 0.717) is 17.9 Å². The van der Waals surface area contributed by atoms with Crippen molar-refractivity contribution in [1.82, 2.24) is 10.2 Å². The van der Waals surface area contributed by atoms with E-state index in [1.165, 1.54) is 6.07 Å². The molecule has 0 unspecified atom stereocenters. The first-order valence-corrected chi connectivity index (χ1v) is 10.1. The lowest BCUT2D eigenvalue weighted by Gasteiger charge is -2.37. The second-order valence-electron chi connectivity index (χ2n) is 8.15. The van der Waals surface area contributed by atoms with E-state index in [1.54, 1.807) is 7.11 Å². The highest BCUT2D eigenvalue weighted by Gasteiger charge is 2.40. The Kier molecular flexibility index (Phi) is 4.62. The van der Waals surface area contributed by atoms with Gasteiger partial charge in [-0.25, -0.2) is 0 Å². The molecule has 2 fully saturated rings. The molecule has 1 aromatic carbocycles. The first-order chi connectivity index (χ1) is 14.3. The molecule has 2 aromatic rings.